The quantitative estimate of drug-likeness (QED) is 0.712. The summed E-state index contributed by atoms with van der Waals surface area (Å²) in [5.41, 5.74) is 3.52. The van der Waals surface area contributed by atoms with E-state index in [-0.39, 0.29) is 0 Å². The van der Waals surface area contributed by atoms with Crippen LogP contribution in [0.25, 0.3) is 0 Å². The van der Waals surface area contributed by atoms with Gasteiger partial charge in [0.05, 0.1) is 18.1 Å². The van der Waals surface area contributed by atoms with Crippen molar-refractivity contribution in [2.45, 2.75) is 32.9 Å². The maximum absolute atomic E-state index is 5.75. The van der Waals surface area contributed by atoms with Crippen LogP contribution in [0.2, 0.25) is 0 Å². The van der Waals surface area contributed by atoms with E-state index in [4.69, 9.17) is 9.26 Å². The Morgan fingerprint density at radius 3 is 2.70 bits per heavy atom. The average molecular weight is 291 g/mol. The van der Waals surface area contributed by atoms with Gasteiger partial charge in [-0.2, -0.15) is 11.8 Å². The van der Waals surface area contributed by atoms with Gasteiger partial charge in [-0.05, 0) is 56.2 Å². The molecule has 2 aromatic rings. The van der Waals surface area contributed by atoms with Gasteiger partial charge in [0.15, 0.2) is 0 Å². The number of thioether (sulfide) groups is 1. The van der Waals surface area contributed by atoms with E-state index in [0.717, 1.165) is 41.7 Å². The van der Waals surface area contributed by atoms with Gasteiger partial charge in [0.2, 0.25) is 0 Å². The first kappa shape index (κ1) is 15.0. The lowest BCUT2D eigenvalue weighted by Gasteiger charge is -2.08. The minimum Gasteiger partial charge on any atom is -0.494 e. The number of hydrogen-bond acceptors (Lipinski definition) is 4. The molecule has 0 unspecified atom stereocenters. The van der Waals surface area contributed by atoms with Crippen LogP contribution in [0.1, 0.15) is 29.0 Å². The summed E-state index contributed by atoms with van der Waals surface area (Å²) in [6.45, 7) is 6.92. The van der Waals surface area contributed by atoms with Crippen LogP contribution in [0, 0.1) is 20.8 Å². The van der Waals surface area contributed by atoms with Gasteiger partial charge < -0.3 is 9.26 Å². The van der Waals surface area contributed by atoms with Crippen LogP contribution in [-0.2, 0) is 5.75 Å². The fraction of sp³-hybridized carbons (Fsp3) is 0.438. The molecule has 0 aliphatic heterocycles. The van der Waals surface area contributed by atoms with E-state index in [1.165, 1.54) is 11.1 Å². The molecule has 3 nitrogen and oxygen atoms in total. The fourth-order valence-electron chi connectivity index (χ4n) is 1.81. The summed E-state index contributed by atoms with van der Waals surface area (Å²) in [6.07, 6.45) is 1.03. The van der Waals surface area contributed by atoms with Crippen molar-refractivity contribution < 1.29 is 9.26 Å². The molecule has 20 heavy (non-hydrogen) atoms. The molecule has 1 aromatic heterocycles. The van der Waals surface area contributed by atoms with E-state index in [9.17, 15) is 0 Å². The molecule has 2 rings (SSSR count). The Kier molecular flexibility index (Phi) is 5.53. The monoisotopic (exact) mass is 291 g/mol. The normalized spacial score (nSPS) is 10.8. The van der Waals surface area contributed by atoms with Crippen LogP contribution in [0.4, 0.5) is 0 Å². The zero-order valence-corrected chi connectivity index (χ0v) is 13.1. The Bertz CT molecular complexity index is 551. The molecule has 108 valence electrons. The lowest BCUT2D eigenvalue weighted by molar-refractivity contribution is 0.318. The molecule has 0 aliphatic carbocycles. The topological polar surface area (TPSA) is 35.3 Å². The van der Waals surface area contributed by atoms with Crippen LogP contribution in [-0.4, -0.2) is 17.5 Å². The molecule has 1 aromatic carbocycles. The Balaban J connectivity index is 1.60. The minimum atomic E-state index is 0.755. The predicted molar refractivity (Wildman–Crippen MR) is 83.4 cm³/mol. The summed E-state index contributed by atoms with van der Waals surface area (Å²) < 4.78 is 10.9. The zero-order valence-electron chi connectivity index (χ0n) is 12.3. The van der Waals surface area contributed by atoms with Crippen molar-refractivity contribution in [3.63, 3.8) is 0 Å². The predicted octanol–water partition coefficient (Wildman–Crippen LogP) is 4.30. The lowest BCUT2D eigenvalue weighted by atomic mass is 10.1. The molecule has 4 heteroatoms. The van der Waals surface area contributed by atoms with Crippen molar-refractivity contribution in [2.75, 3.05) is 12.4 Å². The van der Waals surface area contributed by atoms with Gasteiger partial charge in [-0.3, -0.25) is 0 Å². The SMILES string of the molecule is Cc1cc(CSCCCOc2ccc(C)c(C)c2)on1. The molecular formula is C16H21NO2S. The number of hydrogen-bond donors (Lipinski definition) is 0. The van der Waals surface area contributed by atoms with Crippen molar-refractivity contribution in [3.8, 4) is 5.75 Å². The van der Waals surface area contributed by atoms with E-state index >= 15 is 0 Å². The van der Waals surface area contributed by atoms with Crippen molar-refractivity contribution in [3.05, 3.63) is 46.8 Å². The first-order valence-corrected chi connectivity index (χ1v) is 8.00. The van der Waals surface area contributed by atoms with E-state index in [1.807, 2.05) is 30.8 Å². The first-order valence-electron chi connectivity index (χ1n) is 6.85. The molecule has 0 saturated carbocycles. The maximum Gasteiger partial charge on any atom is 0.146 e. The highest BCUT2D eigenvalue weighted by molar-refractivity contribution is 7.98. The van der Waals surface area contributed by atoms with Crippen molar-refractivity contribution in [1.29, 1.82) is 0 Å². The Hall–Kier alpha value is -1.42. The number of nitrogens with zero attached hydrogens (tertiary/aromatic N) is 1. The van der Waals surface area contributed by atoms with Gasteiger partial charge in [-0.25, -0.2) is 0 Å². The van der Waals surface area contributed by atoms with Crippen LogP contribution < -0.4 is 4.74 Å². The summed E-state index contributed by atoms with van der Waals surface area (Å²) >= 11 is 1.85. The summed E-state index contributed by atoms with van der Waals surface area (Å²) in [6, 6.07) is 8.22. The summed E-state index contributed by atoms with van der Waals surface area (Å²) in [7, 11) is 0. The molecule has 0 saturated heterocycles. The molecule has 0 atom stereocenters. The van der Waals surface area contributed by atoms with Gasteiger partial charge >= 0.3 is 0 Å². The number of rotatable bonds is 7. The second kappa shape index (κ2) is 7.39. The number of aromatic nitrogens is 1. The first-order chi connectivity index (χ1) is 9.65. The van der Waals surface area contributed by atoms with Gasteiger partial charge in [0.25, 0.3) is 0 Å². The van der Waals surface area contributed by atoms with Crippen LogP contribution in [0.15, 0.2) is 28.8 Å². The van der Waals surface area contributed by atoms with E-state index in [0.29, 0.717) is 0 Å². The second-order valence-corrected chi connectivity index (χ2v) is 6.04. The number of ether oxygens (including phenoxy) is 1. The third kappa shape index (κ3) is 4.60. The third-order valence-electron chi connectivity index (χ3n) is 3.10. The highest BCUT2D eigenvalue weighted by Gasteiger charge is 2.01. The standard InChI is InChI=1S/C16H21NO2S/c1-12-5-6-15(9-13(12)2)18-7-4-8-20-11-16-10-14(3)17-19-16/h5-6,9-10H,4,7-8,11H2,1-3H3. The van der Waals surface area contributed by atoms with Gasteiger partial charge in [-0.15, -0.1) is 0 Å². The van der Waals surface area contributed by atoms with Crippen molar-refractivity contribution >= 4 is 11.8 Å². The Morgan fingerprint density at radius 1 is 1.15 bits per heavy atom. The zero-order chi connectivity index (χ0) is 14.4. The summed E-state index contributed by atoms with van der Waals surface area (Å²) in [5.74, 6) is 3.85. The largest absolute Gasteiger partial charge is 0.494 e. The van der Waals surface area contributed by atoms with Crippen LogP contribution >= 0.6 is 11.8 Å². The smallest absolute Gasteiger partial charge is 0.146 e. The van der Waals surface area contributed by atoms with E-state index in [1.54, 1.807) is 0 Å². The summed E-state index contributed by atoms with van der Waals surface area (Å²) in [4.78, 5) is 0. The Morgan fingerprint density at radius 2 is 2.00 bits per heavy atom. The minimum absolute atomic E-state index is 0.755. The molecule has 0 amide bonds. The average Bonchev–Trinajstić information content (AvgIpc) is 2.83. The molecule has 0 fully saturated rings. The lowest BCUT2D eigenvalue weighted by Crippen LogP contribution is -1.99. The molecule has 0 radical (unpaired) electrons. The van der Waals surface area contributed by atoms with Gasteiger partial charge in [0, 0.05) is 6.07 Å². The van der Waals surface area contributed by atoms with Crippen molar-refractivity contribution in [1.82, 2.24) is 5.16 Å². The molecule has 0 bridgehead atoms. The summed E-state index contributed by atoms with van der Waals surface area (Å²) in [5, 5.41) is 3.87. The number of benzene rings is 1. The Labute approximate surface area is 124 Å². The third-order valence-corrected chi connectivity index (χ3v) is 4.17. The maximum atomic E-state index is 5.75. The highest BCUT2D eigenvalue weighted by atomic mass is 32.2. The van der Waals surface area contributed by atoms with Gasteiger partial charge in [-0.1, -0.05) is 11.2 Å². The fourth-order valence-corrected chi connectivity index (χ4v) is 2.62. The molecular weight excluding hydrogens is 270 g/mol. The van der Waals surface area contributed by atoms with Crippen molar-refractivity contribution in [2.24, 2.45) is 0 Å². The molecule has 0 aliphatic rings. The van der Waals surface area contributed by atoms with Crippen LogP contribution in [0.5, 0.6) is 5.75 Å². The van der Waals surface area contributed by atoms with Crippen LogP contribution in [0.3, 0.4) is 0 Å². The molecule has 0 N–H and O–H groups in total. The van der Waals surface area contributed by atoms with Gasteiger partial charge in [0.1, 0.15) is 11.5 Å². The molecule has 1 heterocycles. The second-order valence-electron chi connectivity index (χ2n) is 4.94. The van der Waals surface area contributed by atoms with E-state index < -0.39 is 0 Å². The number of aryl methyl sites for hydroxylation is 3. The van der Waals surface area contributed by atoms with E-state index in [2.05, 4.69) is 31.1 Å². The highest BCUT2D eigenvalue weighted by Crippen LogP contribution is 2.17. The molecule has 0 spiro atoms.